The highest BCUT2D eigenvalue weighted by atomic mass is 19.1. The number of rotatable bonds is 6. The normalized spacial score (nSPS) is 11.2. The summed E-state index contributed by atoms with van der Waals surface area (Å²) in [5.74, 6) is -0.188. The number of nitrogens with zero attached hydrogens (tertiary/aromatic N) is 2. The van der Waals surface area contributed by atoms with Crippen molar-refractivity contribution in [3.8, 4) is 0 Å². The summed E-state index contributed by atoms with van der Waals surface area (Å²) in [5, 5.41) is 5.95. The number of benzene rings is 2. The number of nitrogens with one attached hydrogen (secondary N) is 2. The van der Waals surface area contributed by atoms with Gasteiger partial charge in [-0.05, 0) is 53.3 Å². The van der Waals surface area contributed by atoms with Crippen molar-refractivity contribution in [1.82, 2.24) is 15.3 Å². The van der Waals surface area contributed by atoms with Crippen LogP contribution in [0.5, 0.6) is 0 Å². The van der Waals surface area contributed by atoms with Crippen molar-refractivity contribution < 1.29 is 9.18 Å². The van der Waals surface area contributed by atoms with Gasteiger partial charge in [0, 0.05) is 18.4 Å². The molecular weight excluding hydrogens is 367 g/mol. The molecular formula is C23H25FN4O. The molecule has 3 aromatic rings. The number of anilines is 2. The molecule has 6 heteroatoms. The molecule has 0 aliphatic carbocycles. The Hall–Kier alpha value is -3.28. The molecule has 3 rings (SSSR count). The summed E-state index contributed by atoms with van der Waals surface area (Å²) in [6, 6.07) is 15.9. The maximum Gasteiger partial charge on any atom is 0.270 e. The van der Waals surface area contributed by atoms with Gasteiger partial charge in [-0.3, -0.25) is 4.79 Å². The lowest BCUT2D eigenvalue weighted by molar-refractivity contribution is 0.0949. The van der Waals surface area contributed by atoms with Crippen LogP contribution in [0.4, 0.5) is 16.0 Å². The van der Waals surface area contributed by atoms with E-state index >= 15 is 0 Å². The molecule has 0 radical (unpaired) electrons. The van der Waals surface area contributed by atoms with Gasteiger partial charge in [-0.2, -0.15) is 0 Å². The van der Waals surface area contributed by atoms with Gasteiger partial charge in [-0.25, -0.2) is 14.4 Å². The predicted octanol–water partition coefficient (Wildman–Crippen LogP) is 4.63. The van der Waals surface area contributed by atoms with Crippen molar-refractivity contribution >= 4 is 17.5 Å². The maximum absolute atomic E-state index is 12.9. The van der Waals surface area contributed by atoms with E-state index in [2.05, 4.69) is 53.5 Å². The Morgan fingerprint density at radius 1 is 1.00 bits per heavy atom. The van der Waals surface area contributed by atoms with Crippen molar-refractivity contribution in [1.29, 1.82) is 0 Å². The summed E-state index contributed by atoms with van der Waals surface area (Å²) < 4.78 is 12.9. The molecule has 0 atom stereocenters. The van der Waals surface area contributed by atoms with Crippen LogP contribution in [0.25, 0.3) is 0 Å². The summed E-state index contributed by atoms with van der Waals surface area (Å²) in [6.45, 7) is 6.93. The number of carbonyl (C=O) groups excluding carboxylic acids is 1. The van der Waals surface area contributed by atoms with Gasteiger partial charge >= 0.3 is 0 Å². The molecule has 0 fully saturated rings. The van der Waals surface area contributed by atoms with E-state index in [1.54, 1.807) is 24.4 Å². The van der Waals surface area contributed by atoms with Crippen molar-refractivity contribution in [3.63, 3.8) is 0 Å². The molecule has 1 aromatic heterocycles. The van der Waals surface area contributed by atoms with Crippen LogP contribution in [-0.4, -0.2) is 22.4 Å². The van der Waals surface area contributed by atoms with Gasteiger partial charge in [-0.1, -0.05) is 45.0 Å². The zero-order chi connectivity index (χ0) is 20.9. The van der Waals surface area contributed by atoms with Gasteiger partial charge in [0.2, 0.25) is 5.95 Å². The molecule has 0 aliphatic rings. The number of amides is 1. The third-order valence-electron chi connectivity index (χ3n) is 4.51. The van der Waals surface area contributed by atoms with Crippen molar-refractivity contribution in [2.24, 2.45) is 0 Å². The van der Waals surface area contributed by atoms with Gasteiger partial charge in [0.25, 0.3) is 5.91 Å². The smallest absolute Gasteiger partial charge is 0.270 e. The van der Waals surface area contributed by atoms with E-state index in [0.29, 0.717) is 18.9 Å². The standard InChI is InChI=1S/C23H25FN4O/c1-23(2,3)17-6-10-19(11-7-17)27-22-26-15-13-20(28-22)21(29)25-14-12-16-4-8-18(24)9-5-16/h4-11,13,15H,12,14H2,1-3H3,(H,25,29)(H,26,27,28). The average molecular weight is 392 g/mol. The summed E-state index contributed by atoms with van der Waals surface area (Å²) in [5.41, 5.74) is 3.41. The van der Waals surface area contributed by atoms with E-state index in [4.69, 9.17) is 0 Å². The Kier molecular flexibility index (Phi) is 6.22. The quantitative estimate of drug-likeness (QED) is 0.642. The average Bonchev–Trinajstić information content (AvgIpc) is 2.69. The third-order valence-corrected chi connectivity index (χ3v) is 4.51. The molecule has 1 heterocycles. The largest absolute Gasteiger partial charge is 0.350 e. The Labute approximate surface area is 170 Å². The van der Waals surface area contributed by atoms with E-state index in [9.17, 15) is 9.18 Å². The first-order chi connectivity index (χ1) is 13.8. The molecule has 1 amide bonds. The lowest BCUT2D eigenvalue weighted by Crippen LogP contribution is -2.26. The molecule has 0 saturated heterocycles. The minimum absolute atomic E-state index is 0.0843. The van der Waals surface area contributed by atoms with E-state index < -0.39 is 0 Å². The van der Waals surface area contributed by atoms with Gasteiger partial charge < -0.3 is 10.6 Å². The van der Waals surface area contributed by atoms with Crippen LogP contribution in [0.1, 0.15) is 42.4 Å². The molecule has 0 spiro atoms. The number of halogens is 1. The Morgan fingerprint density at radius 2 is 1.69 bits per heavy atom. The number of aromatic nitrogens is 2. The SMILES string of the molecule is CC(C)(C)c1ccc(Nc2nccc(C(=O)NCCc3ccc(F)cc3)n2)cc1. The van der Waals surface area contributed by atoms with Crippen molar-refractivity contribution in [3.05, 3.63) is 83.4 Å². The third kappa shape index (κ3) is 5.85. The first kappa shape index (κ1) is 20.5. The second-order valence-corrected chi connectivity index (χ2v) is 7.85. The van der Waals surface area contributed by atoms with Crippen molar-refractivity contribution in [2.45, 2.75) is 32.6 Å². The fourth-order valence-corrected chi connectivity index (χ4v) is 2.79. The first-order valence-corrected chi connectivity index (χ1v) is 9.54. The van der Waals surface area contributed by atoms with Gasteiger partial charge in [0.15, 0.2) is 0 Å². The first-order valence-electron chi connectivity index (χ1n) is 9.54. The lowest BCUT2D eigenvalue weighted by atomic mass is 9.87. The highest BCUT2D eigenvalue weighted by molar-refractivity contribution is 5.92. The van der Waals surface area contributed by atoms with Gasteiger partial charge in [0.05, 0.1) is 0 Å². The number of hydrogen-bond acceptors (Lipinski definition) is 4. The zero-order valence-corrected chi connectivity index (χ0v) is 16.9. The molecule has 0 unspecified atom stereocenters. The predicted molar refractivity (Wildman–Crippen MR) is 113 cm³/mol. The highest BCUT2D eigenvalue weighted by Crippen LogP contribution is 2.24. The van der Waals surface area contributed by atoms with Crippen LogP contribution < -0.4 is 10.6 Å². The van der Waals surface area contributed by atoms with E-state index in [0.717, 1.165) is 11.3 Å². The summed E-state index contributed by atoms with van der Waals surface area (Å²) in [4.78, 5) is 20.8. The molecule has 5 nitrogen and oxygen atoms in total. The van der Waals surface area contributed by atoms with E-state index in [1.165, 1.54) is 17.7 Å². The Bertz CT molecular complexity index is 963. The van der Waals surface area contributed by atoms with Gasteiger partial charge in [-0.15, -0.1) is 0 Å². The summed E-state index contributed by atoms with van der Waals surface area (Å²) in [6.07, 6.45) is 2.16. The molecule has 0 bridgehead atoms. The fraction of sp³-hybridized carbons (Fsp3) is 0.261. The minimum atomic E-state index is -0.277. The monoisotopic (exact) mass is 392 g/mol. The second kappa shape index (κ2) is 8.82. The maximum atomic E-state index is 12.9. The van der Waals surface area contributed by atoms with E-state index in [-0.39, 0.29) is 22.8 Å². The summed E-state index contributed by atoms with van der Waals surface area (Å²) in [7, 11) is 0. The van der Waals surface area contributed by atoms with Crippen LogP contribution in [0.3, 0.4) is 0 Å². The highest BCUT2D eigenvalue weighted by Gasteiger charge is 2.13. The molecule has 2 aromatic carbocycles. The molecule has 0 aliphatic heterocycles. The topological polar surface area (TPSA) is 66.9 Å². The molecule has 2 N–H and O–H groups in total. The fourth-order valence-electron chi connectivity index (χ4n) is 2.79. The molecule has 0 saturated carbocycles. The van der Waals surface area contributed by atoms with Crippen LogP contribution in [0, 0.1) is 5.82 Å². The van der Waals surface area contributed by atoms with Crippen LogP contribution in [0.2, 0.25) is 0 Å². The summed E-state index contributed by atoms with van der Waals surface area (Å²) >= 11 is 0. The lowest BCUT2D eigenvalue weighted by Gasteiger charge is -2.19. The van der Waals surface area contributed by atoms with E-state index in [1.807, 2.05) is 12.1 Å². The molecule has 150 valence electrons. The minimum Gasteiger partial charge on any atom is -0.350 e. The van der Waals surface area contributed by atoms with Gasteiger partial charge in [0.1, 0.15) is 11.5 Å². The van der Waals surface area contributed by atoms with Crippen molar-refractivity contribution in [2.75, 3.05) is 11.9 Å². The Balaban J connectivity index is 1.58. The van der Waals surface area contributed by atoms with Crippen LogP contribution in [-0.2, 0) is 11.8 Å². The second-order valence-electron chi connectivity index (χ2n) is 7.85. The number of hydrogen-bond donors (Lipinski definition) is 2. The molecule has 29 heavy (non-hydrogen) atoms. The number of carbonyl (C=O) groups is 1. The zero-order valence-electron chi connectivity index (χ0n) is 16.9. The van der Waals surface area contributed by atoms with Crippen LogP contribution in [0.15, 0.2) is 60.8 Å². The Morgan fingerprint density at radius 3 is 2.34 bits per heavy atom. The van der Waals surface area contributed by atoms with Crippen LogP contribution >= 0.6 is 0 Å².